The lowest BCUT2D eigenvalue weighted by molar-refractivity contribution is -0.114. The Morgan fingerprint density at radius 2 is 1.43 bits per heavy atom. The number of hydrogen-bond acceptors (Lipinski definition) is 3. The molecule has 1 amide bonds. The van der Waals surface area contributed by atoms with Crippen molar-refractivity contribution in [3.05, 3.63) is 73.9 Å². The minimum absolute atomic E-state index is 0.271. The van der Waals surface area contributed by atoms with Crippen LogP contribution in [-0.4, -0.2) is 20.1 Å². The predicted octanol–water partition coefficient (Wildman–Crippen LogP) is 2.78. The summed E-state index contributed by atoms with van der Waals surface area (Å²) in [6, 6.07) is 8.07. The van der Waals surface area contributed by atoms with E-state index >= 15 is 0 Å². The number of nitrogens with one attached hydrogen (secondary N) is 1. The Bertz CT molecular complexity index is 586. The smallest absolute Gasteiger partial charge is 0.256 e. The van der Waals surface area contributed by atoms with Crippen molar-refractivity contribution in [3.63, 3.8) is 0 Å². The fourth-order valence-corrected chi connectivity index (χ4v) is 1.94. The highest BCUT2D eigenvalue weighted by molar-refractivity contribution is 7.90. The summed E-state index contributed by atoms with van der Waals surface area (Å²) in [5.41, 5.74) is 2.29. The maximum atomic E-state index is 10.7. The Morgan fingerprint density at radius 3 is 1.71 bits per heavy atom. The van der Waals surface area contributed by atoms with Gasteiger partial charge in [0.15, 0.2) is 0 Å². The van der Waals surface area contributed by atoms with Gasteiger partial charge in [0.2, 0.25) is 10.0 Å². The summed E-state index contributed by atoms with van der Waals surface area (Å²) in [4.78, 5) is 10.5. The van der Waals surface area contributed by atoms with E-state index in [-0.39, 0.29) is 5.75 Å². The standard InChI is InChI=1S/C10H10.C6H9NO3S/c1-3-9-5-7-10(4-2)8-6-9;1-3-5-11(9,10)7-6(8)4-2/h3-8H,1-2H2;3-4H,1-2,5H2,(H,7,8). The molecular weight excluding hydrogens is 286 g/mol. The molecule has 1 rings (SSSR count). The first-order valence-electron chi connectivity index (χ1n) is 6.01. The third-order valence-electron chi connectivity index (χ3n) is 2.19. The number of sulfonamides is 1. The third kappa shape index (κ3) is 8.39. The van der Waals surface area contributed by atoms with E-state index in [2.05, 4.69) is 26.3 Å². The molecule has 0 spiro atoms. The molecule has 1 aromatic rings. The van der Waals surface area contributed by atoms with E-state index in [1.807, 2.05) is 36.4 Å². The Kier molecular flexibility index (Phi) is 8.41. The summed E-state index contributed by atoms with van der Waals surface area (Å²) in [6.45, 7) is 13.6. The van der Waals surface area contributed by atoms with E-state index in [9.17, 15) is 13.2 Å². The first-order valence-corrected chi connectivity index (χ1v) is 7.66. The lowest BCUT2D eigenvalue weighted by Crippen LogP contribution is -2.30. The van der Waals surface area contributed by atoms with E-state index in [1.165, 1.54) is 6.08 Å². The molecule has 1 aromatic carbocycles. The van der Waals surface area contributed by atoms with Crippen LogP contribution in [0.5, 0.6) is 0 Å². The zero-order valence-corrected chi connectivity index (χ0v) is 12.6. The van der Waals surface area contributed by atoms with Crippen LogP contribution in [0, 0.1) is 0 Å². The van der Waals surface area contributed by atoms with Gasteiger partial charge in [-0.15, -0.1) is 6.58 Å². The Labute approximate surface area is 126 Å². The SMILES string of the molecule is C=CCS(=O)(=O)NC(=O)C=C.C=Cc1ccc(C=C)cc1. The van der Waals surface area contributed by atoms with Crippen molar-refractivity contribution in [3.8, 4) is 0 Å². The third-order valence-corrected chi connectivity index (χ3v) is 3.37. The zero-order chi connectivity index (χ0) is 16.3. The van der Waals surface area contributed by atoms with Gasteiger partial charge >= 0.3 is 0 Å². The monoisotopic (exact) mass is 305 g/mol. The summed E-state index contributed by atoms with van der Waals surface area (Å²) in [6.07, 6.45) is 5.74. The predicted molar refractivity (Wildman–Crippen MR) is 88.9 cm³/mol. The minimum Gasteiger partial charge on any atom is -0.269 e. The second kappa shape index (κ2) is 9.50. The second-order valence-corrected chi connectivity index (χ2v) is 5.58. The molecule has 4 nitrogen and oxygen atoms in total. The molecule has 0 saturated carbocycles. The largest absolute Gasteiger partial charge is 0.269 e. The first kappa shape index (κ1) is 18.6. The highest BCUT2D eigenvalue weighted by Gasteiger charge is 2.08. The number of carbonyl (C=O) groups excluding carboxylic acids is 1. The van der Waals surface area contributed by atoms with E-state index < -0.39 is 15.9 Å². The van der Waals surface area contributed by atoms with Crippen molar-refractivity contribution < 1.29 is 13.2 Å². The molecule has 0 fully saturated rings. The van der Waals surface area contributed by atoms with E-state index in [0.717, 1.165) is 17.2 Å². The molecule has 112 valence electrons. The summed E-state index contributed by atoms with van der Waals surface area (Å²) in [5.74, 6) is -1.00. The minimum atomic E-state index is -3.53. The summed E-state index contributed by atoms with van der Waals surface area (Å²) in [7, 11) is -3.53. The number of rotatable bonds is 6. The summed E-state index contributed by atoms with van der Waals surface area (Å²) in [5, 5.41) is 0. The number of carbonyl (C=O) groups is 1. The van der Waals surface area contributed by atoms with Crippen LogP contribution in [0.3, 0.4) is 0 Å². The van der Waals surface area contributed by atoms with Gasteiger partial charge in [0.05, 0.1) is 5.75 Å². The van der Waals surface area contributed by atoms with Crippen LogP contribution in [-0.2, 0) is 14.8 Å². The van der Waals surface area contributed by atoms with Crippen molar-refractivity contribution in [2.75, 3.05) is 5.75 Å². The molecule has 5 heteroatoms. The van der Waals surface area contributed by atoms with Gasteiger partial charge in [0, 0.05) is 0 Å². The van der Waals surface area contributed by atoms with Crippen LogP contribution < -0.4 is 4.72 Å². The van der Waals surface area contributed by atoms with Crippen molar-refractivity contribution in [1.82, 2.24) is 4.72 Å². The molecule has 0 aromatic heterocycles. The lowest BCUT2D eigenvalue weighted by atomic mass is 10.1. The summed E-state index contributed by atoms with van der Waals surface area (Å²) < 4.78 is 23.2. The Balaban J connectivity index is 0.000000382. The molecule has 0 unspecified atom stereocenters. The van der Waals surface area contributed by atoms with Gasteiger partial charge in [0.25, 0.3) is 5.91 Å². The van der Waals surface area contributed by atoms with Gasteiger partial charge in [-0.1, -0.05) is 62.2 Å². The Morgan fingerprint density at radius 1 is 1.00 bits per heavy atom. The maximum Gasteiger partial charge on any atom is 0.256 e. The van der Waals surface area contributed by atoms with Crippen LogP contribution in [0.15, 0.2) is 62.7 Å². The molecule has 0 atom stereocenters. The fraction of sp³-hybridized carbons (Fsp3) is 0.0625. The normalized spacial score (nSPS) is 9.52. The lowest BCUT2D eigenvalue weighted by Gasteiger charge is -1.99. The van der Waals surface area contributed by atoms with Crippen LogP contribution in [0.1, 0.15) is 11.1 Å². The number of benzene rings is 1. The molecule has 0 bridgehead atoms. The molecular formula is C16H19NO3S. The van der Waals surface area contributed by atoms with Crippen LogP contribution >= 0.6 is 0 Å². The number of amides is 1. The number of hydrogen-bond donors (Lipinski definition) is 1. The molecule has 0 aliphatic carbocycles. The van der Waals surface area contributed by atoms with Gasteiger partial charge in [0.1, 0.15) is 0 Å². The summed E-state index contributed by atoms with van der Waals surface area (Å²) >= 11 is 0. The van der Waals surface area contributed by atoms with Crippen molar-refractivity contribution >= 4 is 28.1 Å². The molecule has 0 aliphatic rings. The topological polar surface area (TPSA) is 63.2 Å². The zero-order valence-electron chi connectivity index (χ0n) is 11.8. The van der Waals surface area contributed by atoms with Crippen LogP contribution in [0.4, 0.5) is 0 Å². The molecule has 1 N–H and O–H groups in total. The van der Waals surface area contributed by atoms with E-state index in [1.54, 1.807) is 4.72 Å². The molecule has 0 heterocycles. The van der Waals surface area contributed by atoms with Crippen LogP contribution in [0.25, 0.3) is 12.2 Å². The molecule has 0 aliphatic heterocycles. The van der Waals surface area contributed by atoms with Gasteiger partial charge < -0.3 is 0 Å². The average molecular weight is 305 g/mol. The highest BCUT2D eigenvalue weighted by Crippen LogP contribution is 2.05. The van der Waals surface area contributed by atoms with Gasteiger partial charge in [-0.25, -0.2) is 13.1 Å². The molecule has 21 heavy (non-hydrogen) atoms. The van der Waals surface area contributed by atoms with Crippen molar-refractivity contribution in [2.45, 2.75) is 0 Å². The van der Waals surface area contributed by atoms with Gasteiger partial charge in [-0.05, 0) is 17.2 Å². The van der Waals surface area contributed by atoms with Gasteiger partial charge in [-0.2, -0.15) is 0 Å². The first-order chi connectivity index (χ1) is 9.88. The van der Waals surface area contributed by atoms with Crippen molar-refractivity contribution in [1.29, 1.82) is 0 Å². The van der Waals surface area contributed by atoms with Crippen molar-refractivity contribution in [2.24, 2.45) is 0 Å². The Hall–Kier alpha value is -2.40. The van der Waals surface area contributed by atoms with E-state index in [4.69, 9.17) is 0 Å². The second-order valence-electron chi connectivity index (χ2n) is 3.82. The maximum absolute atomic E-state index is 10.7. The molecule has 0 saturated heterocycles. The molecule has 0 radical (unpaired) electrons. The van der Waals surface area contributed by atoms with Crippen LogP contribution in [0.2, 0.25) is 0 Å². The van der Waals surface area contributed by atoms with Gasteiger partial charge in [-0.3, -0.25) is 4.79 Å². The van der Waals surface area contributed by atoms with E-state index in [0.29, 0.717) is 0 Å². The average Bonchev–Trinajstić information content (AvgIpc) is 2.47. The fourth-order valence-electron chi connectivity index (χ4n) is 1.16. The quantitative estimate of drug-likeness (QED) is 0.649. The highest BCUT2D eigenvalue weighted by atomic mass is 32.2.